The molecule has 1 aliphatic carbocycles. The van der Waals surface area contributed by atoms with E-state index in [0.717, 1.165) is 26.1 Å². The van der Waals surface area contributed by atoms with Gasteiger partial charge in [-0.2, -0.15) is 0 Å². The van der Waals surface area contributed by atoms with Crippen molar-refractivity contribution in [2.45, 2.75) is 57.0 Å². The van der Waals surface area contributed by atoms with Crippen molar-refractivity contribution < 1.29 is 4.79 Å². The molecule has 0 radical (unpaired) electrons. The third-order valence-corrected chi connectivity index (χ3v) is 5.01. The monoisotopic (exact) mass is 251 g/mol. The van der Waals surface area contributed by atoms with Crippen LogP contribution in [-0.2, 0) is 4.79 Å². The Morgan fingerprint density at radius 2 is 1.89 bits per heavy atom. The van der Waals surface area contributed by atoms with E-state index in [2.05, 4.69) is 17.1 Å². The van der Waals surface area contributed by atoms with E-state index in [9.17, 15) is 4.79 Å². The van der Waals surface area contributed by atoms with Crippen molar-refractivity contribution in [2.75, 3.05) is 26.3 Å². The van der Waals surface area contributed by atoms with Crippen molar-refractivity contribution in [3.05, 3.63) is 0 Å². The molecule has 1 atom stereocenters. The van der Waals surface area contributed by atoms with Gasteiger partial charge in [0.15, 0.2) is 0 Å². The summed E-state index contributed by atoms with van der Waals surface area (Å²) < 4.78 is 0. The van der Waals surface area contributed by atoms with Crippen LogP contribution >= 0.6 is 0 Å². The fourth-order valence-electron chi connectivity index (χ4n) is 3.83. The molecule has 102 valence electrons. The summed E-state index contributed by atoms with van der Waals surface area (Å²) in [6, 6.07) is 0.509. The third kappa shape index (κ3) is 2.05. The predicted molar refractivity (Wildman–Crippen MR) is 71.2 cm³/mol. The summed E-state index contributed by atoms with van der Waals surface area (Å²) in [5.41, 5.74) is -0.176. The molecule has 0 bridgehead atoms. The second-order valence-electron chi connectivity index (χ2n) is 6.24. The third-order valence-electron chi connectivity index (χ3n) is 5.01. The largest absolute Gasteiger partial charge is 0.327 e. The van der Waals surface area contributed by atoms with Gasteiger partial charge in [-0.25, -0.2) is 0 Å². The van der Waals surface area contributed by atoms with Gasteiger partial charge in [-0.05, 0) is 45.7 Å². The molecule has 2 aliphatic heterocycles. The van der Waals surface area contributed by atoms with E-state index < -0.39 is 0 Å². The Kier molecular flexibility index (Phi) is 3.32. The molecular formula is C14H25N3O. The number of carbonyl (C=O) groups is 1. The minimum atomic E-state index is -0.176. The lowest BCUT2D eigenvalue weighted by Crippen LogP contribution is -2.46. The van der Waals surface area contributed by atoms with Gasteiger partial charge >= 0.3 is 0 Å². The Hall–Kier alpha value is -0.610. The summed E-state index contributed by atoms with van der Waals surface area (Å²) in [6.07, 6.45) is 7.13. The van der Waals surface area contributed by atoms with E-state index >= 15 is 0 Å². The number of hydrogen-bond donors (Lipinski definition) is 1. The summed E-state index contributed by atoms with van der Waals surface area (Å²) in [4.78, 5) is 17.1. The second kappa shape index (κ2) is 4.82. The minimum absolute atomic E-state index is 0.176. The van der Waals surface area contributed by atoms with E-state index in [1.54, 1.807) is 0 Å². The van der Waals surface area contributed by atoms with Crippen LogP contribution in [0.3, 0.4) is 0 Å². The number of rotatable bonds is 3. The lowest BCUT2D eigenvalue weighted by Gasteiger charge is -2.29. The zero-order chi connectivity index (χ0) is 12.6. The summed E-state index contributed by atoms with van der Waals surface area (Å²) in [5.74, 6) is 0.367. The fraction of sp³-hybridized carbons (Fsp3) is 0.929. The number of likely N-dealkylation sites (tertiary alicyclic amines) is 1. The molecule has 1 unspecified atom stereocenters. The lowest BCUT2D eigenvalue weighted by atomic mass is 9.98. The Morgan fingerprint density at radius 3 is 2.56 bits per heavy atom. The maximum absolute atomic E-state index is 12.5. The molecule has 3 fully saturated rings. The summed E-state index contributed by atoms with van der Waals surface area (Å²) in [5, 5.41) is 3.49. The van der Waals surface area contributed by atoms with Gasteiger partial charge in [0.1, 0.15) is 0 Å². The Labute approximate surface area is 110 Å². The first-order chi connectivity index (χ1) is 8.71. The average molecular weight is 251 g/mol. The van der Waals surface area contributed by atoms with Gasteiger partial charge in [0.25, 0.3) is 0 Å². The molecule has 2 saturated heterocycles. The van der Waals surface area contributed by atoms with E-state index in [1.165, 1.54) is 38.8 Å². The molecule has 0 aromatic heterocycles. The molecule has 1 saturated carbocycles. The zero-order valence-corrected chi connectivity index (χ0v) is 11.5. The highest BCUT2D eigenvalue weighted by molar-refractivity contribution is 5.88. The second-order valence-corrected chi connectivity index (χ2v) is 6.24. The number of carbonyl (C=O) groups excluding carboxylic acids is 1. The quantitative estimate of drug-likeness (QED) is 0.818. The highest BCUT2D eigenvalue weighted by Crippen LogP contribution is 2.34. The van der Waals surface area contributed by atoms with Crippen LogP contribution in [0.4, 0.5) is 0 Å². The molecule has 4 heteroatoms. The van der Waals surface area contributed by atoms with Crippen molar-refractivity contribution in [3.8, 4) is 0 Å². The van der Waals surface area contributed by atoms with Crippen LogP contribution in [0.5, 0.6) is 0 Å². The van der Waals surface area contributed by atoms with Crippen LogP contribution < -0.4 is 5.32 Å². The van der Waals surface area contributed by atoms with Crippen molar-refractivity contribution in [3.63, 3.8) is 0 Å². The standard InChI is InChI=1S/C14H25N3O/c1-12(16-8-4-5-9-16)10-17-11-15-14(13(17)18)6-2-3-7-14/h12,15H,2-11H2,1H3. The maximum atomic E-state index is 12.5. The SMILES string of the molecule is CC(CN1CNC2(CCCC2)C1=O)N1CCCC1. The first-order valence-electron chi connectivity index (χ1n) is 7.50. The van der Waals surface area contributed by atoms with E-state index in [0.29, 0.717) is 11.9 Å². The van der Waals surface area contributed by atoms with Gasteiger partial charge in [-0.3, -0.25) is 15.0 Å². The highest BCUT2D eigenvalue weighted by Gasteiger charge is 2.48. The predicted octanol–water partition coefficient (Wildman–Crippen LogP) is 1.17. The smallest absolute Gasteiger partial charge is 0.244 e. The zero-order valence-electron chi connectivity index (χ0n) is 11.5. The van der Waals surface area contributed by atoms with Crippen molar-refractivity contribution in [2.24, 2.45) is 0 Å². The summed E-state index contributed by atoms with van der Waals surface area (Å²) in [7, 11) is 0. The molecule has 1 amide bonds. The lowest BCUT2D eigenvalue weighted by molar-refractivity contribution is -0.132. The number of nitrogens with one attached hydrogen (secondary N) is 1. The molecule has 18 heavy (non-hydrogen) atoms. The van der Waals surface area contributed by atoms with Crippen LogP contribution in [0, 0.1) is 0 Å². The molecule has 1 N–H and O–H groups in total. The van der Waals surface area contributed by atoms with E-state index in [4.69, 9.17) is 0 Å². The van der Waals surface area contributed by atoms with Gasteiger partial charge in [0.2, 0.25) is 5.91 Å². The van der Waals surface area contributed by atoms with Gasteiger partial charge in [-0.15, -0.1) is 0 Å². The normalized spacial score (nSPS) is 29.6. The number of hydrogen-bond acceptors (Lipinski definition) is 3. The molecule has 2 heterocycles. The molecule has 0 aromatic carbocycles. The average Bonchev–Trinajstić information content (AvgIpc) is 3.07. The summed E-state index contributed by atoms with van der Waals surface area (Å²) >= 11 is 0. The first kappa shape index (κ1) is 12.4. The van der Waals surface area contributed by atoms with E-state index in [-0.39, 0.29) is 5.54 Å². The molecule has 1 spiro atoms. The van der Waals surface area contributed by atoms with E-state index in [1.807, 2.05) is 4.90 Å². The highest BCUT2D eigenvalue weighted by atomic mass is 16.2. The summed E-state index contributed by atoms with van der Waals surface area (Å²) in [6.45, 7) is 6.34. The molecule has 3 aliphatic rings. The van der Waals surface area contributed by atoms with Crippen LogP contribution in [0.2, 0.25) is 0 Å². The number of amides is 1. The van der Waals surface area contributed by atoms with Crippen molar-refractivity contribution in [1.29, 1.82) is 0 Å². The fourth-order valence-corrected chi connectivity index (χ4v) is 3.83. The topological polar surface area (TPSA) is 35.6 Å². The van der Waals surface area contributed by atoms with Gasteiger partial charge in [-0.1, -0.05) is 12.8 Å². The molecule has 0 aromatic rings. The molecule has 4 nitrogen and oxygen atoms in total. The van der Waals surface area contributed by atoms with Gasteiger partial charge in [0, 0.05) is 12.6 Å². The molecule has 3 rings (SSSR count). The Bertz CT molecular complexity index is 319. The number of nitrogens with zero attached hydrogens (tertiary/aromatic N) is 2. The Morgan fingerprint density at radius 1 is 1.22 bits per heavy atom. The molecular weight excluding hydrogens is 226 g/mol. The van der Waals surface area contributed by atoms with Crippen LogP contribution in [0.25, 0.3) is 0 Å². The van der Waals surface area contributed by atoms with Crippen LogP contribution in [-0.4, -0.2) is 53.6 Å². The first-order valence-corrected chi connectivity index (χ1v) is 7.50. The van der Waals surface area contributed by atoms with Crippen molar-refractivity contribution in [1.82, 2.24) is 15.1 Å². The van der Waals surface area contributed by atoms with Crippen LogP contribution in [0.1, 0.15) is 45.4 Å². The van der Waals surface area contributed by atoms with Crippen LogP contribution in [0.15, 0.2) is 0 Å². The minimum Gasteiger partial charge on any atom is -0.327 e. The van der Waals surface area contributed by atoms with Crippen molar-refractivity contribution >= 4 is 5.91 Å². The van der Waals surface area contributed by atoms with Gasteiger partial charge in [0.05, 0.1) is 12.2 Å². The maximum Gasteiger partial charge on any atom is 0.244 e. The van der Waals surface area contributed by atoms with Gasteiger partial charge < -0.3 is 4.90 Å². The Balaban J connectivity index is 1.59.